The molecule has 0 aliphatic carbocycles. The summed E-state index contributed by atoms with van der Waals surface area (Å²) in [4.78, 5) is 0. The van der Waals surface area contributed by atoms with Crippen molar-refractivity contribution in [3.63, 3.8) is 0 Å². The van der Waals surface area contributed by atoms with Gasteiger partial charge in [0.05, 0.1) is 13.2 Å². The molecule has 0 saturated heterocycles. The average Bonchev–Trinajstić information content (AvgIpc) is 2.31. The lowest BCUT2D eigenvalue weighted by molar-refractivity contribution is 0.0508. The van der Waals surface area contributed by atoms with Gasteiger partial charge in [0.15, 0.2) is 0 Å². The second kappa shape index (κ2) is 15.2. The topological polar surface area (TPSA) is 27.7 Å². The normalized spacial score (nSPS) is 10.9. The summed E-state index contributed by atoms with van der Waals surface area (Å²) in [6.07, 6.45) is 5.66. The maximum atomic E-state index is 5.58. The minimum atomic E-state index is 0.668. The molecule has 0 heterocycles. The number of methoxy groups -OCH3 is 1. The molecule has 0 spiro atoms. The van der Waals surface area contributed by atoms with Crippen LogP contribution in [0.1, 0.15) is 32.1 Å². The van der Waals surface area contributed by atoms with E-state index in [0.717, 1.165) is 45.0 Å². The second-order valence-electron chi connectivity index (χ2n) is 3.67. The van der Waals surface area contributed by atoms with Crippen LogP contribution in [0.15, 0.2) is 0 Å². The van der Waals surface area contributed by atoms with Gasteiger partial charge in [0.1, 0.15) is 0 Å². The van der Waals surface area contributed by atoms with E-state index in [1.165, 1.54) is 12.8 Å². The smallest absolute Gasteiger partial charge is 0.0700 e. The van der Waals surface area contributed by atoms with Gasteiger partial charge in [-0.25, -0.2) is 0 Å². The van der Waals surface area contributed by atoms with Crippen molar-refractivity contribution >= 4 is 11.6 Å². The lowest BCUT2D eigenvalue weighted by Crippen LogP contribution is -2.06. The first kappa shape index (κ1) is 16.2. The third-order valence-electron chi connectivity index (χ3n) is 2.18. The number of rotatable bonds is 13. The van der Waals surface area contributed by atoms with E-state index in [0.29, 0.717) is 13.2 Å². The molecule has 0 aromatic carbocycles. The van der Waals surface area contributed by atoms with E-state index in [1.807, 2.05) is 0 Å². The highest BCUT2D eigenvalue weighted by Gasteiger charge is 1.92. The Hall–Kier alpha value is 0.170. The van der Waals surface area contributed by atoms with Crippen LogP contribution in [-0.4, -0.2) is 46.0 Å². The summed E-state index contributed by atoms with van der Waals surface area (Å²) in [5.74, 6) is 0.777. The van der Waals surface area contributed by atoms with Gasteiger partial charge in [0.2, 0.25) is 0 Å². The van der Waals surface area contributed by atoms with Crippen LogP contribution in [0.4, 0.5) is 0 Å². The number of alkyl halides is 1. The molecule has 0 rings (SSSR count). The zero-order valence-electron chi connectivity index (χ0n) is 10.4. The first-order valence-electron chi connectivity index (χ1n) is 6.12. The van der Waals surface area contributed by atoms with Gasteiger partial charge < -0.3 is 14.2 Å². The summed E-state index contributed by atoms with van der Waals surface area (Å²) in [6, 6.07) is 0. The second-order valence-corrected chi connectivity index (χ2v) is 4.05. The highest BCUT2D eigenvalue weighted by atomic mass is 35.5. The molecular weight excluding hydrogens is 228 g/mol. The Morgan fingerprint density at radius 1 is 0.688 bits per heavy atom. The minimum absolute atomic E-state index is 0.668. The Balaban J connectivity index is 2.83. The van der Waals surface area contributed by atoms with Gasteiger partial charge in [-0.3, -0.25) is 0 Å². The molecule has 16 heavy (non-hydrogen) atoms. The Labute approximate surface area is 104 Å². The highest BCUT2D eigenvalue weighted by Crippen LogP contribution is 2.01. The Morgan fingerprint density at radius 2 is 1.31 bits per heavy atom. The summed E-state index contributed by atoms with van der Waals surface area (Å²) in [6.45, 7) is 3.76. The number of unbranched alkanes of at least 4 members (excludes halogenated alkanes) is 3. The molecule has 3 nitrogen and oxygen atoms in total. The molecule has 0 saturated carbocycles. The van der Waals surface area contributed by atoms with E-state index >= 15 is 0 Å². The summed E-state index contributed by atoms with van der Waals surface area (Å²) in [7, 11) is 1.68. The molecule has 0 unspecified atom stereocenters. The van der Waals surface area contributed by atoms with Gasteiger partial charge in [0, 0.05) is 32.8 Å². The number of ether oxygens (including phenoxy) is 3. The van der Waals surface area contributed by atoms with Gasteiger partial charge in [-0.15, -0.1) is 11.6 Å². The van der Waals surface area contributed by atoms with Crippen LogP contribution < -0.4 is 0 Å². The summed E-state index contributed by atoms with van der Waals surface area (Å²) < 4.78 is 15.7. The van der Waals surface area contributed by atoms with Crippen molar-refractivity contribution in [2.24, 2.45) is 0 Å². The molecule has 0 aliphatic heterocycles. The standard InChI is InChI=1S/C12H25ClO3/c1-14-11-12-16-10-6-9-15-8-5-3-2-4-7-13/h2-12H2,1H3. The average molecular weight is 253 g/mol. The lowest BCUT2D eigenvalue weighted by Gasteiger charge is -2.05. The predicted octanol–water partition coefficient (Wildman–Crippen LogP) is 2.86. The van der Waals surface area contributed by atoms with Crippen molar-refractivity contribution < 1.29 is 14.2 Å². The first-order chi connectivity index (χ1) is 7.91. The van der Waals surface area contributed by atoms with Crippen molar-refractivity contribution in [3.05, 3.63) is 0 Å². The van der Waals surface area contributed by atoms with E-state index in [-0.39, 0.29) is 0 Å². The number of hydrogen-bond donors (Lipinski definition) is 0. The van der Waals surface area contributed by atoms with Gasteiger partial charge in [0.25, 0.3) is 0 Å². The quantitative estimate of drug-likeness (QED) is 0.373. The molecule has 98 valence electrons. The van der Waals surface area contributed by atoms with Crippen molar-refractivity contribution in [1.29, 1.82) is 0 Å². The SMILES string of the molecule is COCCOCCCOCCCCCCCl. The molecule has 0 bridgehead atoms. The van der Waals surface area contributed by atoms with Crippen LogP contribution in [0.25, 0.3) is 0 Å². The first-order valence-corrected chi connectivity index (χ1v) is 6.65. The van der Waals surface area contributed by atoms with E-state index in [4.69, 9.17) is 25.8 Å². The van der Waals surface area contributed by atoms with Crippen molar-refractivity contribution in [2.75, 3.05) is 46.0 Å². The molecule has 0 atom stereocenters. The Kier molecular flexibility index (Phi) is 15.3. The van der Waals surface area contributed by atoms with Crippen LogP contribution in [0.2, 0.25) is 0 Å². The molecule has 0 radical (unpaired) electrons. The monoisotopic (exact) mass is 252 g/mol. The molecule has 0 aromatic rings. The fourth-order valence-electron chi connectivity index (χ4n) is 1.26. The summed E-state index contributed by atoms with van der Waals surface area (Å²) >= 11 is 5.58. The number of halogens is 1. The summed E-state index contributed by atoms with van der Waals surface area (Å²) in [5.41, 5.74) is 0. The van der Waals surface area contributed by atoms with Crippen LogP contribution >= 0.6 is 11.6 Å². The van der Waals surface area contributed by atoms with Gasteiger partial charge in [-0.1, -0.05) is 12.8 Å². The van der Waals surface area contributed by atoms with Crippen molar-refractivity contribution in [3.8, 4) is 0 Å². The maximum absolute atomic E-state index is 5.58. The Bertz CT molecular complexity index is 109. The summed E-state index contributed by atoms with van der Waals surface area (Å²) in [5, 5.41) is 0. The highest BCUT2D eigenvalue weighted by molar-refractivity contribution is 6.17. The largest absolute Gasteiger partial charge is 0.382 e. The molecular formula is C12H25ClO3. The van der Waals surface area contributed by atoms with E-state index in [2.05, 4.69) is 0 Å². The van der Waals surface area contributed by atoms with Crippen LogP contribution in [0.3, 0.4) is 0 Å². The zero-order chi connectivity index (χ0) is 11.9. The minimum Gasteiger partial charge on any atom is -0.382 e. The molecule has 0 fully saturated rings. The zero-order valence-corrected chi connectivity index (χ0v) is 11.1. The van der Waals surface area contributed by atoms with E-state index < -0.39 is 0 Å². The van der Waals surface area contributed by atoms with E-state index in [1.54, 1.807) is 7.11 Å². The van der Waals surface area contributed by atoms with Gasteiger partial charge in [-0.2, -0.15) is 0 Å². The lowest BCUT2D eigenvalue weighted by atomic mass is 10.2. The fourth-order valence-corrected chi connectivity index (χ4v) is 1.45. The molecule has 0 amide bonds. The molecule has 0 N–H and O–H groups in total. The van der Waals surface area contributed by atoms with Gasteiger partial charge in [-0.05, 0) is 19.3 Å². The van der Waals surface area contributed by atoms with Crippen molar-refractivity contribution in [2.45, 2.75) is 32.1 Å². The van der Waals surface area contributed by atoms with Crippen LogP contribution in [0.5, 0.6) is 0 Å². The third-order valence-corrected chi connectivity index (χ3v) is 2.45. The van der Waals surface area contributed by atoms with Crippen molar-refractivity contribution in [1.82, 2.24) is 0 Å². The van der Waals surface area contributed by atoms with Crippen LogP contribution in [-0.2, 0) is 14.2 Å². The van der Waals surface area contributed by atoms with Crippen LogP contribution in [0, 0.1) is 0 Å². The molecule has 0 aliphatic rings. The maximum Gasteiger partial charge on any atom is 0.0700 e. The fraction of sp³-hybridized carbons (Fsp3) is 1.00. The third kappa shape index (κ3) is 14.2. The molecule has 4 heteroatoms. The molecule has 0 aromatic heterocycles. The Morgan fingerprint density at radius 3 is 2.00 bits per heavy atom. The predicted molar refractivity (Wildman–Crippen MR) is 67.3 cm³/mol. The van der Waals surface area contributed by atoms with E-state index in [9.17, 15) is 0 Å². The number of hydrogen-bond acceptors (Lipinski definition) is 3. The van der Waals surface area contributed by atoms with Gasteiger partial charge >= 0.3 is 0 Å².